The third-order valence-electron chi connectivity index (χ3n) is 3.05. The van der Waals surface area contributed by atoms with Crippen molar-refractivity contribution in [2.45, 2.75) is 19.3 Å². The second-order valence-electron chi connectivity index (χ2n) is 4.23. The number of nitrogens with one attached hydrogen (secondary N) is 1. The lowest BCUT2D eigenvalue weighted by Crippen LogP contribution is -2.22. The molecule has 1 aromatic rings. The molecule has 0 aliphatic heterocycles. The van der Waals surface area contributed by atoms with Crippen LogP contribution in [-0.4, -0.2) is 11.5 Å². The second-order valence-corrected chi connectivity index (χ2v) is 5.11. The van der Waals surface area contributed by atoms with Crippen LogP contribution in [0.15, 0.2) is 18.2 Å². The summed E-state index contributed by atoms with van der Waals surface area (Å²) in [5.41, 5.74) is 7.49. The fraction of sp³-hybridized carbons (Fsp3) is 0.417. The maximum absolute atomic E-state index is 5.96. The summed E-state index contributed by atoms with van der Waals surface area (Å²) < 4.78 is 0. The first-order valence-electron chi connectivity index (χ1n) is 5.50. The van der Waals surface area contributed by atoms with Gasteiger partial charge in [0.1, 0.15) is 4.99 Å². The largest absolute Gasteiger partial charge is 0.389 e. The van der Waals surface area contributed by atoms with Crippen molar-refractivity contribution in [3.63, 3.8) is 0 Å². The Labute approximate surface area is 106 Å². The zero-order chi connectivity index (χ0) is 11.5. The van der Waals surface area contributed by atoms with Crippen LogP contribution in [0.5, 0.6) is 0 Å². The number of hydrogen-bond donors (Lipinski definition) is 2. The minimum Gasteiger partial charge on any atom is -0.389 e. The SMILES string of the molecule is NC(=S)c1ccc(Cl)cc1NCC1CCC1. The smallest absolute Gasteiger partial charge is 0.106 e. The highest BCUT2D eigenvalue weighted by Crippen LogP contribution is 2.28. The average molecular weight is 255 g/mol. The molecule has 4 heteroatoms. The normalized spacial score (nSPS) is 15.6. The Morgan fingerprint density at radius 1 is 1.50 bits per heavy atom. The van der Waals surface area contributed by atoms with Gasteiger partial charge in [0.15, 0.2) is 0 Å². The molecule has 1 aliphatic rings. The van der Waals surface area contributed by atoms with Crippen molar-refractivity contribution in [3.8, 4) is 0 Å². The van der Waals surface area contributed by atoms with Crippen LogP contribution in [0.25, 0.3) is 0 Å². The molecule has 0 aromatic heterocycles. The van der Waals surface area contributed by atoms with Gasteiger partial charge < -0.3 is 11.1 Å². The Kier molecular flexibility index (Phi) is 3.66. The molecule has 0 heterocycles. The predicted molar refractivity (Wildman–Crippen MR) is 73.2 cm³/mol. The summed E-state index contributed by atoms with van der Waals surface area (Å²) >= 11 is 11.0. The summed E-state index contributed by atoms with van der Waals surface area (Å²) in [6.07, 6.45) is 3.98. The average Bonchev–Trinajstić information content (AvgIpc) is 2.14. The summed E-state index contributed by atoms with van der Waals surface area (Å²) in [5, 5.41) is 4.09. The van der Waals surface area contributed by atoms with Crippen LogP contribution in [0.1, 0.15) is 24.8 Å². The molecule has 0 radical (unpaired) electrons. The summed E-state index contributed by atoms with van der Waals surface area (Å²) in [6.45, 7) is 0.982. The molecule has 1 aliphatic carbocycles. The Morgan fingerprint density at radius 3 is 2.81 bits per heavy atom. The van der Waals surface area contributed by atoms with Crippen molar-refractivity contribution in [2.24, 2.45) is 11.7 Å². The summed E-state index contributed by atoms with van der Waals surface area (Å²) in [4.78, 5) is 0.410. The van der Waals surface area contributed by atoms with Crippen LogP contribution in [0.2, 0.25) is 5.02 Å². The van der Waals surface area contributed by atoms with Gasteiger partial charge >= 0.3 is 0 Å². The molecule has 0 bridgehead atoms. The van der Waals surface area contributed by atoms with E-state index in [0.29, 0.717) is 10.0 Å². The number of halogens is 1. The van der Waals surface area contributed by atoms with E-state index in [1.54, 1.807) is 0 Å². The van der Waals surface area contributed by atoms with Crippen LogP contribution in [0.3, 0.4) is 0 Å². The van der Waals surface area contributed by atoms with E-state index in [9.17, 15) is 0 Å². The second kappa shape index (κ2) is 5.02. The van der Waals surface area contributed by atoms with Gasteiger partial charge in [-0.05, 0) is 37.0 Å². The first-order valence-corrected chi connectivity index (χ1v) is 6.28. The number of benzene rings is 1. The maximum atomic E-state index is 5.96. The molecule has 86 valence electrons. The van der Waals surface area contributed by atoms with Crippen molar-refractivity contribution >= 4 is 34.5 Å². The molecule has 1 fully saturated rings. The minimum absolute atomic E-state index is 0.410. The molecule has 2 nitrogen and oxygen atoms in total. The van der Waals surface area contributed by atoms with E-state index in [4.69, 9.17) is 29.6 Å². The summed E-state index contributed by atoms with van der Waals surface area (Å²) in [7, 11) is 0. The number of nitrogens with two attached hydrogens (primary N) is 1. The Morgan fingerprint density at radius 2 is 2.25 bits per heavy atom. The van der Waals surface area contributed by atoms with E-state index in [2.05, 4.69) is 5.32 Å². The van der Waals surface area contributed by atoms with Crippen LogP contribution in [0.4, 0.5) is 5.69 Å². The van der Waals surface area contributed by atoms with E-state index < -0.39 is 0 Å². The van der Waals surface area contributed by atoms with Crippen molar-refractivity contribution in [2.75, 3.05) is 11.9 Å². The van der Waals surface area contributed by atoms with E-state index >= 15 is 0 Å². The van der Waals surface area contributed by atoms with Gasteiger partial charge in [-0.2, -0.15) is 0 Å². The van der Waals surface area contributed by atoms with Gasteiger partial charge in [-0.15, -0.1) is 0 Å². The van der Waals surface area contributed by atoms with Crippen LogP contribution in [-0.2, 0) is 0 Å². The Bertz CT molecular complexity index is 402. The minimum atomic E-state index is 0.410. The highest BCUT2D eigenvalue weighted by atomic mass is 35.5. The fourth-order valence-electron chi connectivity index (χ4n) is 1.83. The molecule has 0 amide bonds. The molecule has 0 atom stereocenters. The predicted octanol–water partition coefficient (Wildman–Crippen LogP) is 3.19. The zero-order valence-electron chi connectivity index (χ0n) is 9.00. The number of thiocarbonyl (C=S) groups is 1. The monoisotopic (exact) mass is 254 g/mol. The molecule has 16 heavy (non-hydrogen) atoms. The number of hydrogen-bond acceptors (Lipinski definition) is 2. The third kappa shape index (κ3) is 2.66. The number of rotatable bonds is 4. The molecular weight excluding hydrogens is 240 g/mol. The highest BCUT2D eigenvalue weighted by molar-refractivity contribution is 7.80. The van der Waals surface area contributed by atoms with Gasteiger partial charge in [-0.1, -0.05) is 30.2 Å². The van der Waals surface area contributed by atoms with Gasteiger partial charge in [-0.3, -0.25) is 0 Å². The topological polar surface area (TPSA) is 38.0 Å². The third-order valence-corrected chi connectivity index (χ3v) is 3.51. The van der Waals surface area contributed by atoms with E-state index in [0.717, 1.165) is 23.7 Å². The first kappa shape index (κ1) is 11.7. The Hall–Kier alpha value is -0.800. The van der Waals surface area contributed by atoms with Gasteiger partial charge in [0.25, 0.3) is 0 Å². The standard InChI is InChI=1S/C12H15ClN2S/c13-9-4-5-10(12(14)16)11(6-9)15-7-8-2-1-3-8/h4-6,8,15H,1-3,7H2,(H2,14,16). The molecular formula is C12H15ClN2S. The van der Waals surface area contributed by atoms with Crippen molar-refractivity contribution in [1.82, 2.24) is 0 Å². The lowest BCUT2D eigenvalue weighted by Gasteiger charge is -2.26. The van der Waals surface area contributed by atoms with Gasteiger partial charge in [0.05, 0.1) is 0 Å². The van der Waals surface area contributed by atoms with Crippen molar-refractivity contribution in [3.05, 3.63) is 28.8 Å². The molecule has 1 saturated carbocycles. The molecule has 0 saturated heterocycles. The van der Waals surface area contributed by atoms with Gasteiger partial charge in [0, 0.05) is 22.8 Å². The van der Waals surface area contributed by atoms with Crippen LogP contribution >= 0.6 is 23.8 Å². The molecule has 3 N–H and O–H groups in total. The summed E-state index contributed by atoms with van der Waals surface area (Å²) in [6, 6.07) is 5.56. The van der Waals surface area contributed by atoms with Crippen molar-refractivity contribution in [1.29, 1.82) is 0 Å². The maximum Gasteiger partial charge on any atom is 0.106 e. The molecule has 0 spiro atoms. The quantitative estimate of drug-likeness (QED) is 0.811. The van der Waals surface area contributed by atoms with Crippen LogP contribution in [0, 0.1) is 5.92 Å². The van der Waals surface area contributed by atoms with Crippen LogP contribution < -0.4 is 11.1 Å². The van der Waals surface area contributed by atoms with E-state index in [1.807, 2.05) is 18.2 Å². The molecule has 0 unspecified atom stereocenters. The van der Waals surface area contributed by atoms with Gasteiger partial charge in [-0.25, -0.2) is 0 Å². The fourth-order valence-corrected chi connectivity index (χ4v) is 2.18. The number of anilines is 1. The highest BCUT2D eigenvalue weighted by Gasteiger charge is 2.17. The van der Waals surface area contributed by atoms with E-state index in [1.165, 1.54) is 19.3 Å². The lowest BCUT2D eigenvalue weighted by molar-refractivity contribution is 0.333. The molecule has 2 rings (SSSR count). The van der Waals surface area contributed by atoms with E-state index in [-0.39, 0.29) is 0 Å². The zero-order valence-corrected chi connectivity index (χ0v) is 10.6. The lowest BCUT2D eigenvalue weighted by atomic mass is 9.85. The van der Waals surface area contributed by atoms with Gasteiger partial charge in [0.2, 0.25) is 0 Å². The first-order chi connectivity index (χ1) is 7.66. The summed E-state index contributed by atoms with van der Waals surface area (Å²) in [5.74, 6) is 0.790. The van der Waals surface area contributed by atoms with Crippen molar-refractivity contribution < 1.29 is 0 Å². The Balaban J connectivity index is 2.09. The molecule has 1 aromatic carbocycles.